The van der Waals surface area contributed by atoms with Crippen LogP contribution in [-0.4, -0.2) is 29.0 Å². The SMILES string of the molecule is Cc1ccc(Oc2cccc(CC3CCN(C(=O)Nc4ccc(Cl)cc4)CC3)c2)nc1. The Balaban J connectivity index is 1.28. The molecule has 2 amide bonds. The first-order valence-corrected chi connectivity index (χ1v) is 10.9. The molecule has 160 valence electrons. The Morgan fingerprint density at radius 1 is 1.13 bits per heavy atom. The van der Waals surface area contributed by atoms with E-state index in [9.17, 15) is 4.79 Å². The van der Waals surface area contributed by atoms with Gasteiger partial charge < -0.3 is 15.0 Å². The van der Waals surface area contributed by atoms with Crippen LogP contribution >= 0.6 is 11.6 Å². The number of piperidine rings is 1. The third-order valence-corrected chi connectivity index (χ3v) is 5.78. The molecule has 1 aliphatic heterocycles. The van der Waals surface area contributed by atoms with E-state index in [0.717, 1.165) is 49.4 Å². The largest absolute Gasteiger partial charge is 0.439 e. The van der Waals surface area contributed by atoms with Gasteiger partial charge in [-0.1, -0.05) is 29.8 Å². The third kappa shape index (κ3) is 5.98. The number of hydrogen-bond acceptors (Lipinski definition) is 3. The van der Waals surface area contributed by atoms with Crippen LogP contribution in [0.3, 0.4) is 0 Å². The number of nitrogens with zero attached hydrogens (tertiary/aromatic N) is 2. The summed E-state index contributed by atoms with van der Waals surface area (Å²) in [5, 5.41) is 3.60. The summed E-state index contributed by atoms with van der Waals surface area (Å²) in [6.07, 6.45) is 4.75. The highest BCUT2D eigenvalue weighted by molar-refractivity contribution is 6.30. The van der Waals surface area contributed by atoms with Crippen molar-refractivity contribution in [1.82, 2.24) is 9.88 Å². The van der Waals surface area contributed by atoms with Gasteiger partial charge in [0.25, 0.3) is 0 Å². The third-order valence-electron chi connectivity index (χ3n) is 5.53. The molecule has 31 heavy (non-hydrogen) atoms. The number of urea groups is 1. The number of aromatic nitrogens is 1. The fourth-order valence-electron chi connectivity index (χ4n) is 3.78. The number of rotatable bonds is 5. The lowest BCUT2D eigenvalue weighted by atomic mass is 9.90. The number of carbonyl (C=O) groups excluding carboxylic acids is 1. The Kier molecular flexibility index (Phi) is 6.73. The number of likely N-dealkylation sites (tertiary alicyclic amines) is 1. The normalized spacial score (nSPS) is 14.3. The van der Waals surface area contributed by atoms with Crippen LogP contribution in [0, 0.1) is 12.8 Å². The highest BCUT2D eigenvalue weighted by Crippen LogP contribution is 2.26. The van der Waals surface area contributed by atoms with E-state index in [0.29, 0.717) is 16.8 Å². The number of pyridine rings is 1. The molecule has 2 aromatic carbocycles. The molecule has 2 heterocycles. The van der Waals surface area contributed by atoms with Crippen LogP contribution in [0.25, 0.3) is 0 Å². The average molecular weight is 436 g/mol. The molecule has 0 saturated carbocycles. The minimum absolute atomic E-state index is 0.0539. The van der Waals surface area contributed by atoms with Crippen molar-refractivity contribution in [3.05, 3.63) is 83.0 Å². The fourth-order valence-corrected chi connectivity index (χ4v) is 3.91. The van der Waals surface area contributed by atoms with Gasteiger partial charge in [-0.25, -0.2) is 9.78 Å². The van der Waals surface area contributed by atoms with Crippen LogP contribution in [0.2, 0.25) is 5.02 Å². The first-order chi connectivity index (χ1) is 15.0. The molecule has 0 atom stereocenters. The number of hydrogen-bond donors (Lipinski definition) is 1. The lowest BCUT2D eigenvalue weighted by Crippen LogP contribution is -2.41. The quantitative estimate of drug-likeness (QED) is 0.510. The molecule has 4 rings (SSSR count). The van der Waals surface area contributed by atoms with Crippen LogP contribution in [0.1, 0.15) is 24.0 Å². The van der Waals surface area contributed by atoms with Crippen molar-refractivity contribution < 1.29 is 9.53 Å². The molecule has 0 unspecified atom stereocenters. The fraction of sp³-hybridized carbons (Fsp3) is 0.280. The number of aryl methyl sites for hydroxylation is 1. The summed E-state index contributed by atoms with van der Waals surface area (Å²) in [5.41, 5.74) is 3.11. The van der Waals surface area contributed by atoms with Crippen molar-refractivity contribution in [3.8, 4) is 11.6 Å². The molecular formula is C25H26ClN3O2. The van der Waals surface area contributed by atoms with Gasteiger partial charge in [-0.2, -0.15) is 0 Å². The Morgan fingerprint density at radius 3 is 2.61 bits per heavy atom. The summed E-state index contributed by atoms with van der Waals surface area (Å²) < 4.78 is 5.90. The van der Waals surface area contributed by atoms with Crippen molar-refractivity contribution in [3.63, 3.8) is 0 Å². The lowest BCUT2D eigenvalue weighted by Gasteiger charge is -2.32. The molecule has 6 heteroatoms. The highest BCUT2D eigenvalue weighted by Gasteiger charge is 2.23. The maximum Gasteiger partial charge on any atom is 0.321 e. The molecule has 1 saturated heterocycles. The zero-order chi connectivity index (χ0) is 21.6. The summed E-state index contributed by atoms with van der Waals surface area (Å²) >= 11 is 5.90. The molecule has 0 radical (unpaired) electrons. The number of nitrogens with one attached hydrogen (secondary N) is 1. The van der Waals surface area contributed by atoms with E-state index in [-0.39, 0.29) is 6.03 Å². The Bertz CT molecular complexity index is 1010. The maximum absolute atomic E-state index is 12.5. The lowest BCUT2D eigenvalue weighted by molar-refractivity contribution is 0.182. The smallest absolute Gasteiger partial charge is 0.321 e. The van der Waals surface area contributed by atoms with Gasteiger partial charge in [0, 0.05) is 36.1 Å². The molecule has 0 aliphatic carbocycles. The number of benzene rings is 2. The van der Waals surface area contributed by atoms with Gasteiger partial charge in [0.05, 0.1) is 0 Å². The van der Waals surface area contributed by atoms with Gasteiger partial charge in [0.2, 0.25) is 5.88 Å². The molecule has 1 N–H and O–H groups in total. The second-order valence-electron chi connectivity index (χ2n) is 7.99. The number of amides is 2. The molecule has 5 nitrogen and oxygen atoms in total. The van der Waals surface area contributed by atoms with E-state index in [1.165, 1.54) is 5.56 Å². The molecule has 1 fully saturated rings. The Labute approximate surface area is 188 Å². The van der Waals surface area contributed by atoms with Crippen molar-refractivity contribution in [2.45, 2.75) is 26.2 Å². The predicted octanol–water partition coefficient (Wildman–Crippen LogP) is 6.32. The first kappa shape index (κ1) is 21.2. The summed E-state index contributed by atoms with van der Waals surface area (Å²) in [6, 6.07) is 19.2. The van der Waals surface area contributed by atoms with Crippen LogP contribution in [0.15, 0.2) is 66.9 Å². The first-order valence-electron chi connectivity index (χ1n) is 10.6. The topological polar surface area (TPSA) is 54.5 Å². The van der Waals surface area contributed by atoms with Crippen LogP contribution < -0.4 is 10.1 Å². The predicted molar refractivity (Wildman–Crippen MR) is 124 cm³/mol. The summed E-state index contributed by atoms with van der Waals surface area (Å²) in [5.74, 6) is 1.95. The van der Waals surface area contributed by atoms with Crippen molar-refractivity contribution in [1.29, 1.82) is 0 Å². The zero-order valence-corrected chi connectivity index (χ0v) is 18.3. The second kappa shape index (κ2) is 9.84. The van der Waals surface area contributed by atoms with Crippen molar-refractivity contribution in [2.24, 2.45) is 5.92 Å². The molecule has 3 aromatic rings. The van der Waals surface area contributed by atoms with Gasteiger partial charge in [0.15, 0.2) is 0 Å². The Morgan fingerprint density at radius 2 is 1.90 bits per heavy atom. The maximum atomic E-state index is 12.5. The van der Waals surface area contributed by atoms with Gasteiger partial charge in [-0.15, -0.1) is 0 Å². The van der Waals surface area contributed by atoms with E-state index in [1.54, 1.807) is 18.3 Å². The number of carbonyl (C=O) groups is 1. The van der Waals surface area contributed by atoms with Crippen LogP contribution in [-0.2, 0) is 6.42 Å². The van der Waals surface area contributed by atoms with E-state index in [4.69, 9.17) is 16.3 Å². The monoisotopic (exact) mass is 435 g/mol. The molecular weight excluding hydrogens is 410 g/mol. The van der Waals surface area contributed by atoms with Crippen LogP contribution in [0.4, 0.5) is 10.5 Å². The van der Waals surface area contributed by atoms with E-state index in [2.05, 4.69) is 22.4 Å². The summed E-state index contributed by atoms with van der Waals surface area (Å²) in [7, 11) is 0. The molecule has 1 aliphatic rings. The number of anilines is 1. The molecule has 0 bridgehead atoms. The van der Waals surface area contributed by atoms with Gasteiger partial charge >= 0.3 is 6.03 Å². The Hall–Kier alpha value is -3.05. The van der Waals surface area contributed by atoms with Crippen molar-refractivity contribution in [2.75, 3.05) is 18.4 Å². The van der Waals surface area contributed by atoms with E-state index in [1.807, 2.05) is 48.2 Å². The standard InChI is InChI=1S/C25H26ClN3O2/c1-18-5-10-24(27-17-18)31-23-4-2-3-20(16-23)15-19-11-13-29(14-12-19)25(30)28-22-8-6-21(26)7-9-22/h2-10,16-17,19H,11-15H2,1H3,(H,28,30). The van der Waals surface area contributed by atoms with E-state index >= 15 is 0 Å². The van der Waals surface area contributed by atoms with Gasteiger partial charge in [0.1, 0.15) is 5.75 Å². The average Bonchev–Trinajstić information content (AvgIpc) is 2.78. The highest BCUT2D eigenvalue weighted by atomic mass is 35.5. The zero-order valence-electron chi connectivity index (χ0n) is 17.6. The molecule has 1 aromatic heterocycles. The van der Waals surface area contributed by atoms with Crippen molar-refractivity contribution >= 4 is 23.3 Å². The van der Waals surface area contributed by atoms with E-state index < -0.39 is 0 Å². The van der Waals surface area contributed by atoms with Crippen LogP contribution in [0.5, 0.6) is 11.6 Å². The second-order valence-corrected chi connectivity index (χ2v) is 8.43. The van der Waals surface area contributed by atoms with Gasteiger partial charge in [-0.05, 0) is 79.6 Å². The summed E-state index contributed by atoms with van der Waals surface area (Å²) in [4.78, 5) is 18.7. The number of halogens is 1. The minimum Gasteiger partial charge on any atom is -0.439 e. The van der Waals surface area contributed by atoms with Gasteiger partial charge in [-0.3, -0.25) is 0 Å². The minimum atomic E-state index is -0.0539. The number of ether oxygens (including phenoxy) is 1. The summed E-state index contributed by atoms with van der Waals surface area (Å²) in [6.45, 7) is 3.52. The molecule has 0 spiro atoms.